The molecule has 1 aliphatic carbocycles. The van der Waals surface area contributed by atoms with Gasteiger partial charge in [-0.1, -0.05) is 169 Å². The average Bonchev–Trinajstić information content (AvgIpc) is 3.52. The minimum atomic E-state index is -0.488. The molecule has 0 saturated carbocycles. The van der Waals surface area contributed by atoms with E-state index in [1.54, 1.807) is 0 Å². The number of rotatable bonds is 6. The predicted octanol–water partition coefficient (Wildman–Crippen LogP) is 14.1. The van der Waals surface area contributed by atoms with E-state index in [4.69, 9.17) is 0 Å². The molecule has 1 nitrogen and oxygen atoms in total. The van der Waals surface area contributed by atoms with E-state index in [0.717, 1.165) is 17.1 Å². The molecule has 9 aromatic rings. The predicted molar refractivity (Wildman–Crippen MR) is 228 cm³/mol. The van der Waals surface area contributed by atoms with E-state index in [-0.39, 0.29) is 0 Å². The molecule has 0 bridgehead atoms. The molecule has 256 valence electrons. The van der Waals surface area contributed by atoms with Gasteiger partial charge in [-0.05, 0) is 117 Å². The van der Waals surface area contributed by atoms with Gasteiger partial charge in [-0.25, -0.2) is 0 Å². The smallest absolute Gasteiger partial charge is 0.0713 e. The Labute approximate surface area is 317 Å². The Morgan fingerprint density at radius 2 is 0.907 bits per heavy atom. The summed E-state index contributed by atoms with van der Waals surface area (Å²) < 4.78 is 0. The van der Waals surface area contributed by atoms with Crippen molar-refractivity contribution in [2.24, 2.45) is 0 Å². The fourth-order valence-electron chi connectivity index (χ4n) is 8.81. The average molecular weight is 690 g/mol. The molecule has 0 heterocycles. The minimum Gasteiger partial charge on any atom is -0.310 e. The van der Waals surface area contributed by atoms with Crippen LogP contribution in [0.2, 0.25) is 0 Å². The lowest BCUT2D eigenvalue weighted by atomic mass is 9.67. The van der Waals surface area contributed by atoms with Gasteiger partial charge in [0.05, 0.1) is 11.1 Å². The van der Waals surface area contributed by atoms with Gasteiger partial charge in [0.2, 0.25) is 0 Å². The summed E-state index contributed by atoms with van der Waals surface area (Å²) in [7, 11) is 0. The third kappa shape index (κ3) is 5.08. The number of nitrogens with zero attached hydrogens (tertiary/aromatic N) is 1. The first-order valence-corrected chi connectivity index (χ1v) is 18.8. The van der Waals surface area contributed by atoms with Crippen LogP contribution in [-0.4, -0.2) is 0 Å². The third-order valence-electron chi connectivity index (χ3n) is 11.4. The van der Waals surface area contributed by atoms with E-state index in [9.17, 15) is 0 Å². The number of para-hydroxylation sites is 1. The summed E-state index contributed by atoms with van der Waals surface area (Å²) in [5.41, 5.74) is 15.6. The van der Waals surface area contributed by atoms with E-state index in [1.807, 2.05) is 0 Å². The van der Waals surface area contributed by atoms with Crippen LogP contribution in [0.5, 0.6) is 0 Å². The van der Waals surface area contributed by atoms with Crippen LogP contribution in [0.15, 0.2) is 200 Å². The van der Waals surface area contributed by atoms with Crippen molar-refractivity contribution in [2.75, 3.05) is 4.90 Å². The van der Waals surface area contributed by atoms with Crippen LogP contribution in [0.4, 0.5) is 17.1 Å². The van der Waals surface area contributed by atoms with Crippen molar-refractivity contribution in [3.05, 3.63) is 234 Å². The summed E-state index contributed by atoms with van der Waals surface area (Å²) in [5, 5.41) is 4.87. The highest BCUT2D eigenvalue weighted by Gasteiger charge is 2.46. The summed E-state index contributed by atoms with van der Waals surface area (Å²) in [4.78, 5) is 2.43. The molecule has 0 radical (unpaired) electrons. The zero-order valence-corrected chi connectivity index (χ0v) is 30.5. The number of fused-ring (bicyclic) bond motifs is 5. The maximum Gasteiger partial charge on any atom is 0.0713 e. The molecule has 10 rings (SSSR count). The molecule has 1 heteroatoms. The van der Waals surface area contributed by atoms with Gasteiger partial charge in [-0.3, -0.25) is 0 Å². The summed E-state index contributed by atoms with van der Waals surface area (Å²) >= 11 is 0. The first-order valence-electron chi connectivity index (χ1n) is 18.8. The van der Waals surface area contributed by atoms with Gasteiger partial charge in [0.15, 0.2) is 0 Å². The topological polar surface area (TPSA) is 3.24 Å². The normalized spacial score (nSPS) is 12.8. The third-order valence-corrected chi connectivity index (χ3v) is 11.4. The number of benzene rings is 9. The van der Waals surface area contributed by atoms with Crippen LogP contribution in [-0.2, 0) is 5.41 Å². The largest absolute Gasteiger partial charge is 0.310 e. The van der Waals surface area contributed by atoms with Crippen molar-refractivity contribution in [1.29, 1.82) is 0 Å². The summed E-state index contributed by atoms with van der Waals surface area (Å²) in [6.45, 7) is 4.35. The van der Waals surface area contributed by atoms with Gasteiger partial charge in [-0.15, -0.1) is 0 Å². The van der Waals surface area contributed by atoms with Crippen LogP contribution < -0.4 is 4.90 Å². The maximum atomic E-state index is 2.49. The van der Waals surface area contributed by atoms with Crippen LogP contribution in [0.25, 0.3) is 43.8 Å². The van der Waals surface area contributed by atoms with Crippen molar-refractivity contribution in [3.63, 3.8) is 0 Å². The van der Waals surface area contributed by atoms with E-state index in [1.165, 1.54) is 77.2 Å². The molecule has 1 aliphatic rings. The van der Waals surface area contributed by atoms with Gasteiger partial charge in [0, 0.05) is 16.9 Å². The molecule has 0 spiro atoms. The fourth-order valence-corrected chi connectivity index (χ4v) is 8.81. The number of hydrogen-bond donors (Lipinski definition) is 0. The molecule has 0 atom stereocenters. The Morgan fingerprint density at radius 1 is 0.352 bits per heavy atom. The summed E-state index contributed by atoms with van der Waals surface area (Å²) in [6.07, 6.45) is 0. The molecule has 54 heavy (non-hydrogen) atoms. The van der Waals surface area contributed by atoms with E-state index >= 15 is 0 Å². The molecule has 0 unspecified atom stereocenters. The monoisotopic (exact) mass is 689 g/mol. The highest BCUT2D eigenvalue weighted by Crippen LogP contribution is 2.57. The van der Waals surface area contributed by atoms with Crippen molar-refractivity contribution in [2.45, 2.75) is 19.3 Å². The number of anilines is 3. The van der Waals surface area contributed by atoms with Crippen molar-refractivity contribution < 1.29 is 0 Å². The van der Waals surface area contributed by atoms with Gasteiger partial charge in [0.25, 0.3) is 0 Å². The quantitative estimate of drug-likeness (QED) is 0.168. The zero-order chi connectivity index (χ0) is 36.2. The Morgan fingerprint density at radius 3 is 1.59 bits per heavy atom. The van der Waals surface area contributed by atoms with Gasteiger partial charge in [-0.2, -0.15) is 0 Å². The second kappa shape index (κ2) is 12.8. The molecule has 0 aromatic heterocycles. The maximum absolute atomic E-state index is 2.49. The second-order valence-corrected chi connectivity index (χ2v) is 14.7. The van der Waals surface area contributed by atoms with Crippen LogP contribution in [0.1, 0.15) is 33.4 Å². The first-order chi connectivity index (χ1) is 26.6. The lowest BCUT2D eigenvalue weighted by Crippen LogP contribution is -2.28. The highest BCUT2D eigenvalue weighted by atomic mass is 15.1. The lowest BCUT2D eigenvalue weighted by Gasteiger charge is -2.34. The standard InChI is InChI=1S/C53H39N/c1-36-20-26-43(27-21-36)53(44-28-22-37(2)23-29-44)50-19-11-10-18-47(50)48-31-25-42(34-51(48)53)49-33-40-14-8-9-15-41(40)35-52(49)54(45-16-4-3-5-17-45)46-30-24-38-12-6-7-13-39(38)32-46/h3-35H,1-2H3. The Balaban J connectivity index is 1.27. The van der Waals surface area contributed by atoms with Crippen molar-refractivity contribution in [3.8, 4) is 22.3 Å². The van der Waals surface area contributed by atoms with Crippen LogP contribution in [0, 0.1) is 13.8 Å². The van der Waals surface area contributed by atoms with Crippen molar-refractivity contribution >= 4 is 38.6 Å². The van der Waals surface area contributed by atoms with E-state index in [0.29, 0.717) is 0 Å². The molecular weight excluding hydrogens is 651 g/mol. The molecule has 0 saturated heterocycles. The van der Waals surface area contributed by atoms with Crippen LogP contribution >= 0.6 is 0 Å². The Bertz CT molecular complexity index is 2780. The highest BCUT2D eigenvalue weighted by molar-refractivity contribution is 6.00. The zero-order valence-electron chi connectivity index (χ0n) is 30.5. The molecule has 0 aliphatic heterocycles. The summed E-state index contributed by atoms with van der Waals surface area (Å²) in [6, 6.07) is 74.4. The molecule has 0 amide bonds. The molecule has 9 aromatic carbocycles. The molecular formula is C53H39N. The van der Waals surface area contributed by atoms with Crippen molar-refractivity contribution in [1.82, 2.24) is 0 Å². The number of hydrogen-bond acceptors (Lipinski definition) is 1. The first kappa shape index (κ1) is 32.0. The summed E-state index contributed by atoms with van der Waals surface area (Å²) in [5.74, 6) is 0. The van der Waals surface area contributed by atoms with Crippen LogP contribution in [0.3, 0.4) is 0 Å². The second-order valence-electron chi connectivity index (χ2n) is 14.7. The van der Waals surface area contributed by atoms with E-state index < -0.39 is 5.41 Å². The molecule has 0 N–H and O–H groups in total. The molecule has 0 fully saturated rings. The SMILES string of the molecule is Cc1ccc(C2(c3ccc(C)cc3)c3ccccc3-c3ccc(-c4cc5ccccc5cc4N(c4ccccc4)c4ccc5ccccc5c4)cc32)cc1. The lowest BCUT2D eigenvalue weighted by molar-refractivity contribution is 0.768. The Hall–Kier alpha value is -6.70. The fraction of sp³-hybridized carbons (Fsp3) is 0.0566. The van der Waals surface area contributed by atoms with Gasteiger partial charge < -0.3 is 4.90 Å². The van der Waals surface area contributed by atoms with Gasteiger partial charge in [0.1, 0.15) is 0 Å². The van der Waals surface area contributed by atoms with E-state index in [2.05, 4.69) is 219 Å². The van der Waals surface area contributed by atoms with Gasteiger partial charge >= 0.3 is 0 Å². The Kier molecular flexibility index (Phi) is 7.56. The minimum absolute atomic E-state index is 0.488. The number of aryl methyl sites for hydroxylation is 2.